The average Bonchev–Trinajstić information content (AvgIpc) is 3.55. The van der Waals surface area contributed by atoms with Gasteiger partial charge >= 0.3 is 0 Å². The summed E-state index contributed by atoms with van der Waals surface area (Å²) < 4.78 is 18.9. The van der Waals surface area contributed by atoms with E-state index in [1.54, 1.807) is 28.9 Å². The number of aromatic nitrogens is 7. The van der Waals surface area contributed by atoms with Crippen LogP contribution in [0, 0.1) is 0 Å². The maximum atomic E-state index is 12.9. The van der Waals surface area contributed by atoms with E-state index in [2.05, 4.69) is 25.4 Å². The summed E-state index contributed by atoms with van der Waals surface area (Å²) in [7, 11) is 0. The Kier molecular flexibility index (Phi) is 4.54. The topological polar surface area (TPSA) is 123 Å². The monoisotopic (exact) mass is 463 g/mol. The Morgan fingerprint density at radius 2 is 1.97 bits per heavy atom. The summed E-state index contributed by atoms with van der Waals surface area (Å²) in [5.41, 5.74) is 1.79. The molecule has 0 fully saturated rings. The molecule has 11 nitrogen and oxygen atoms in total. The standard InChI is InChI=1S/C21H14ClN7O4/c22-14-3-1-2-12(6-14)8-29-20-18(25-27-29)21(30)28(10-23-20)9-17-24-19(26-33-17)13-4-5-15-16(7-13)32-11-31-15/h1-7,10H,8-9,11H2. The lowest BCUT2D eigenvalue weighted by Crippen LogP contribution is -2.21. The Balaban J connectivity index is 1.26. The zero-order valence-electron chi connectivity index (χ0n) is 16.9. The van der Waals surface area contributed by atoms with E-state index in [4.69, 9.17) is 25.6 Å². The summed E-state index contributed by atoms with van der Waals surface area (Å²) in [6.07, 6.45) is 1.41. The molecule has 0 unspecified atom stereocenters. The third kappa shape index (κ3) is 3.57. The zero-order chi connectivity index (χ0) is 22.4. The molecule has 0 saturated heterocycles. The van der Waals surface area contributed by atoms with Crippen molar-refractivity contribution in [1.82, 2.24) is 34.7 Å². The first-order valence-corrected chi connectivity index (χ1v) is 10.3. The molecule has 0 N–H and O–H groups in total. The van der Waals surface area contributed by atoms with Crippen molar-refractivity contribution < 1.29 is 14.0 Å². The van der Waals surface area contributed by atoms with E-state index in [0.717, 1.165) is 5.56 Å². The van der Waals surface area contributed by atoms with E-state index in [1.807, 2.05) is 18.2 Å². The fourth-order valence-corrected chi connectivity index (χ4v) is 3.75. The molecule has 12 heteroatoms. The van der Waals surface area contributed by atoms with Crippen LogP contribution in [0.15, 0.2) is 58.1 Å². The molecule has 0 saturated carbocycles. The molecular formula is C21H14ClN7O4. The second-order valence-electron chi connectivity index (χ2n) is 7.31. The molecule has 0 radical (unpaired) electrons. The van der Waals surface area contributed by atoms with E-state index in [9.17, 15) is 4.79 Å². The second kappa shape index (κ2) is 7.71. The van der Waals surface area contributed by atoms with Crippen LogP contribution < -0.4 is 15.0 Å². The molecule has 0 atom stereocenters. The highest BCUT2D eigenvalue weighted by Crippen LogP contribution is 2.35. The molecule has 3 aromatic heterocycles. The minimum atomic E-state index is -0.361. The molecular weight excluding hydrogens is 450 g/mol. The van der Waals surface area contributed by atoms with Crippen molar-refractivity contribution in [2.75, 3.05) is 6.79 Å². The van der Waals surface area contributed by atoms with Gasteiger partial charge in [-0.25, -0.2) is 9.67 Å². The maximum Gasteiger partial charge on any atom is 0.283 e. The number of ether oxygens (including phenoxy) is 2. The normalized spacial score (nSPS) is 12.5. The van der Waals surface area contributed by atoms with Gasteiger partial charge in [0.05, 0.1) is 6.54 Å². The Morgan fingerprint density at radius 3 is 2.88 bits per heavy atom. The highest BCUT2D eigenvalue weighted by atomic mass is 35.5. The lowest BCUT2D eigenvalue weighted by molar-refractivity contribution is 0.174. The predicted octanol–water partition coefficient (Wildman–Crippen LogP) is 2.52. The van der Waals surface area contributed by atoms with Crippen LogP contribution in [0.3, 0.4) is 0 Å². The largest absolute Gasteiger partial charge is 0.454 e. The number of hydrogen-bond donors (Lipinski definition) is 0. The minimum Gasteiger partial charge on any atom is -0.454 e. The Labute approximate surface area is 190 Å². The number of benzene rings is 2. The Morgan fingerprint density at radius 1 is 1.06 bits per heavy atom. The van der Waals surface area contributed by atoms with Gasteiger partial charge < -0.3 is 14.0 Å². The lowest BCUT2D eigenvalue weighted by Gasteiger charge is -2.04. The smallest absolute Gasteiger partial charge is 0.283 e. The van der Waals surface area contributed by atoms with Gasteiger partial charge in [-0.1, -0.05) is 34.1 Å². The van der Waals surface area contributed by atoms with Crippen LogP contribution in [0.2, 0.25) is 5.02 Å². The van der Waals surface area contributed by atoms with Crippen molar-refractivity contribution in [2.24, 2.45) is 0 Å². The van der Waals surface area contributed by atoms with E-state index in [-0.39, 0.29) is 30.3 Å². The molecule has 0 aliphatic carbocycles. The van der Waals surface area contributed by atoms with Crippen molar-refractivity contribution in [3.63, 3.8) is 0 Å². The number of halogens is 1. The van der Waals surface area contributed by atoms with Gasteiger partial charge in [0.25, 0.3) is 5.56 Å². The van der Waals surface area contributed by atoms with Gasteiger partial charge in [0.15, 0.2) is 22.7 Å². The summed E-state index contributed by atoms with van der Waals surface area (Å²) in [6, 6.07) is 12.7. The van der Waals surface area contributed by atoms with E-state index < -0.39 is 0 Å². The van der Waals surface area contributed by atoms with Crippen LogP contribution in [0.5, 0.6) is 11.5 Å². The maximum absolute atomic E-state index is 12.9. The van der Waals surface area contributed by atoms with Crippen molar-refractivity contribution in [1.29, 1.82) is 0 Å². The molecule has 2 aromatic carbocycles. The summed E-state index contributed by atoms with van der Waals surface area (Å²) >= 11 is 6.05. The van der Waals surface area contributed by atoms with Gasteiger partial charge in [0.2, 0.25) is 18.5 Å². The Bertz CT molecular complexity index is 1560. The van der Waals surface area contributed by atoms with Crippen LogP contribution >= 0.6 is 11.6 Å². The number of fused-ring (bicyclic) bond motifs is 2. The molecule has 1 aliphatic heterocycles. The van der Waals surface area contributed by atoms with Crippen LogP contribution in [0.4, 0.5) is 0 Å². The second-order valence-corrected chi connectivity index (χ2v) is 7.74. The molecule has 0 bridgehead atoms. The minimum absolute atomic E-state index is 0.0421. The molecule has 33 heavy (non-hydrogen) atoms. The number of nitrogens with zero attached hydrogens (tertiary/aromatic N) is 7. The van der Waals surface area contributed by atoms with Crippen molar-refractivity contribution in [3.05, 3.63) is 75.6 Å². The van der Waals surface area contributed by atoms with Crippen molar-refractivity contribution >= 4 is 22.8 Å². The summed E-state index contributed by atoms with van der Waals surface area (Å²) in [4.78, 5) is 21.7. The van der Waals surface area contributed by atoms with Gasteiger partial charge in [-0.2, -0.15) is 4.98 Å². The van der Waals surface area contributed by atoms with Gasteiger partial charge in [-0.05, 0) is 35.9 Å². The first-order valence-electron chi connectivity index (χ1n) is 9.90. The van der Waals surface area contributed by atoms with Gasteiger partial charge in [-0.3, -0.25) is 9.36 Å². The van der Waals surface area contributed by atoms with Crippen molar-refractivity contribution in [3.8, 4) is 22.9 Å². The quantitative estimate of drug-likeness (QED) is 0.386. The van der Waals surface area contributed by atoms with E-state index in [0.29, 0.717) is 40.1 Å². The fourth-order valence-electron chi connectivity index (χ4n) is 3.53. The molecule has 5 aromatic rings. The van der Waals surface area contributed by atoms with E-state index in [1.165, 1.54) is 10.9 Å². The molecule has 6 rings (SSSR count). The number of rotatable bonds is 5. The summed E-state index contributed by atoms with van der Waals surface area (Å²) in [6.45, 7) is 0.606. The van der Waals surface area contributed by atoms with Crippen LogP contribution in [-0.4, -0.2) is 41.5 Å². The van der Waals surface area contributed by atoms with Gasteiger partial charge in [0.1, 0.15) is 12.9 Å². The van der Waals surface area contributed by atoms with Crippen LogP contribution in [-0.2, 0) is 13.1 Å². The SMILES string of the molecule is O=c1c2nnn(Cc3cccc(Cl)c3)c2ncn1Cc1nc(-c2ccc3c(c2)OCO3)no1. The summed E-state index contributed by atoms with van der Waals surface area (Å²) in [5.74, 6) is 1.90. The van der Waals surface area contributed by atoms with Gasteiger partial charge in [-0.15, -0.1) is 5.10 Å². The fraction of sp³-hybridized carbons (Fsp3) is 0.143. The Hall–Kier alpha value is -4.25. The molecule has 164 valence electrons. The third-order valence-corrected chi connectivity index (χ3v) is 5.35. The van der Waals surface area contributed by atoms with Crippen molar-refractivity contribution in [2.45, 2.75) is 13.1 Å². The molecule has 1 aliphatic rings. The average molecular weight is 464 g/mol. The molecule has 0 amide bonds. The van der Waals surface area contributed by atoms with Gasteiger partial charge in [0, 0.05) is 10.6 Å². The molecule has 4 heterocycles. The highest BCUT2D eigenvalue weighted by Gasteiger charge is 2.18. The van der Waals surface area contributed by atoms with Crippen LogP contribution in [0.1, 0.15) is 11.5 Å². The zero-order valence-corrected chi connectivity index (χ0v) is 17.6. The van der Waals surface area contributed by atoms with E-state index >= 15 is 0 Å². The first kappa shape index (κ1) is 19.4. The highest BCUT2D eigenvalue weighted by molar-refractivity contribution is 6.30. The lowest BCUT2D eigenvalue weighted by atomic mass is 10.2. The summed E-state index contributed by atoms with van der Waals surface area (Å²) in [5, 5.41) is 12.7. The predicted molar refractivity (Wildman–Crippen MR) is 115 cm³/mol. The third-order valence-electron chi connectivity index (χ3n) is 5.12. The number of hydrogen-bond acceptors (Lipinski definition) is 9. The molecule has 0 spiro atoms. The van der Waals surface area contributed by atoms with Crippen LogP contribution in [0.25, 0.3) is 22.6 Å². The first-order chi connectivity index (χ1) is 16.1.